The van der Waals surface area contributed by atoms with Crippen molar-refractivity contribution in [2.24, 2.45) is 0 Å². The highest BCUT2D eigenvalue weighted by atomic mass is 19.3. The minimum atomic E-state index is -2.95. The number of hydrogen-bond donors (Lipinski definition) is 1. The lowest BCUT2D eigenvalue weighted by Gasteiger charge is -2.14. The van der Waals surface area contributed by atoms with E-state index in [-0.39, 0.29) is 11.5 Å². The third-order valence-electron chi connectivity index (χ3n) is 4.07. The molecule has 0 aliphatic heterocycles. The zero-order valence-electron chi connectivity index (χ0n) is 14.6. The number of hydrogen-bond acceptors (Lipinski definition) is 5. The summed E-state index contributed by atoms with van der Waals surface area (Å²) in [6.45, 7) is -1.05. The summed E-state index contributed by atoms with van der Waals surface area (Å²) in [5.41, 5.74) is 2.97. The van der Waals surface area contributed by atoms with Crippen LogP contribution >= 0.6 is 0 Å². The molecule has 0 saturated heterocycles. The van der Waals surface area contributed by atoms with Gasteiger partial charge in [-0.05, 0) is 31.2 Å². The lowest BCUT2D eigenvalue weighted by molar-refractivity contribution is -0.0511. The molecule has 27 heavy (non-hydrogen) atoms. The molecule has 0 bridgehead atoms. The van der Waals surface area contributed by atoms with E-state index < -0.39 is 6.61 Å². The molecule has 0 unspecified atom stereocenters. The number of nitrogens with one attached hydrogen (secondary N) is 1. The van der Waals surface area contributed by atoms with Crippen LogP contribution in [0.3, 0.4) is 0 Å². The Morgan fingerprint density at radius 1 is 1.07 bits per heavy atom. The molecule has 4 rings (SSSR count). The van der Waals surface area contributed by atoms with E-state index >= 15 is 0 Å². The fraction of sp³-hybridized carbons (Fsp3) is 0.158. The summed E-state index contributed by atoms with van der Waals surface area (Å²) in [5.74, 6) is 0.759. The van der Waals surface area contributed by atoms with Crippen molar-refractivity contribution in [3.05, 3.63) is 54.2 Å². The normalized spacial score (nSPS) is 11.3. The molecule has 2 aromatic heterocycles. The molecule has 138 valence electrons. The Morgan fingerprint density at radius 3 is 2.67 bits per heavy atom. The van der Waals surface area contributed by atoms with Crippen LogP contribution in [0.1, 0.15) is 5.69 Å². The molecule has 0 aliphatic rings. The molecule has 0 amide bonds. The topological polar surface area (TPSA) is 60.7 Å². The molecule has 1 N–H and O–H groups in total. The van der Waals surface area contributed by atoms with Gasteiger partial charge < -0.3 is 14.8 Å². The third-order valence-corrected chi connectivity index (χ3v) is 4.07. The van der Waals surface area contributed by atoms with E-state index in [9.17, 15) is 8.78 Å². The van der Waals surface area contributed by atoms with Crippen molar-refractivity contribution < 1.29 is 18.3 Å². The zero-order chi connectivity index (χ0) is 19.0. The fourth-order valence-electron chi connectivity index (χ4n) is 2.95. The van der Waals surface area contributed by atoms with Crippen LogP contribution in [-0.4, -0.2) is 28.3 Å². The number of methoxy groups -OCH3 is 1. The van der Waals surface area contributed by atoms with Crippen molar-refractivity contribution >= 4 is 28.1 Å². The van der Waals surface area contributed by atoms with Crippen molar-refractivity contribution in [1.82, 2.24) is 14.6 Å². The SMILES string of the molecule is COc1ccc(Nc2nc3cc(C)nn3c3ccccc23)cc1OC(F)F. The lowest BCUT2D eigenvalue weighted by atomic mass is 10.2. The Balaban J connectivity index is 1.81. The van der Waals surface area contributed by atoms with Crippen LogP contribution in [0, 0.1) is 6.92 Å². The van der Waals surface area contributed by atoms with Gasteiger partial charge in [0.1, 0.15) is 5.82 Å². The number of alkyl halides is 2. The first-order chi connectivity index (χ1) is 13.0. The van der Waals surface area contributed by atoms with Crippen LogP contribution < -0.4 is 14.8 Å². The van der Waals surface area contributed by atoms with Gasteiger partial charge in [-0.25, -0.2) is 9.50 Å². The van der Waals surface area contributed by atoms with Crippen LogP contribution in [0.4, 0.5) is 20.3 Å². The number of aromatic nitrogens is 3. The number of halogens is 2. The van der Waals surface area contributed by atoms with Crippen LogP contribution in [0.25, 0.3) is 16.6 Å². The van der Waals surface area contributed by atoms with Crippen LogP contribution in [0.5, 0.6) is 11.5 Å². The zero-order valence-corrected chi connectivity index (χ0v) is 14.6. The number of para-hydroxylation sites is 1. The number of benzene rings is 2. The highest BCUT2D eigenvalue weighted by molar-refractivity contribution is 5.93. The highest BCUT2D eigenvalue weighted by Crippen LogP contribution is 2.33. The van der Waals surface area contributed by atoms with E-state index in [2.05, 4.69) is 20.1 Å². The number of nitrogens with zero attached hydrogens (tertiary/aromatic N) is 3. The molecule has 6 nitrogen and oxygen atoms in total. The molecule has 0 fully saturated rings. The highest BCUT2D eigenvalue weighted by Gasteiger charge is 2.14. The molecular weight excluding hydrogens is 354 g/mol. The smallest absolute Gasteiger partial charge is 0.387 e. The molecule has 0 radical (unpaired) electrons. The van der Waals surface area contributed by atoms with E-state index in [0.29, 0.717) is 17.2 Å². The van der Waals surface area contributed by atoms with Crippen LogP contribution in [0.2, 0.25) is 0 Å². The number of ether oxygens (including phenoxy) is 2. The Hall–Kier alpha value is -3.42. The second kappa shape index (κ2) is 6.71. The largest absolute Gasteiger partial charge is 0.493 e. The van der Waals surface area contributed by atoms with Crippen molar-refractivity contribution in [3.63, 3.8) is 0 Å². The van der Waals surface area contributed by atoms with Gasteiger partial charge in [-0.15, -0.1) is 0 Å². The summed E-state index contributed by atoms with van der Waals surface area (Å²) < 4.78 is 36.7. The molecule has 2 aromatic carbocycles. The molecule has 2 heterocycles. The molecular formula is C19H16F2N4O2. The summed E-state index contributed by atoms with van der Waals surface area (Å²) in [6.07, 6.45) is 0. The van der Waals surface area contributed by atoms with Gasteiger partial charge in [0, 0.05) is 23.2 Å². The van der Waals surface area contributed by atoms with Gasteiger partial charge in [0.2, 0.25) is 0 Å². The van der Waals surface area contributed by atoms with Crippen LogP contribution in [0.15, 0.2) is 48.5 Å². The predicted octanol–water partition coefficient (Wildman–Crippen LogP) is 4.54. The van der Waals surface area contributed by atoms with Crippen molar-refractivity contribution in [3.8, 4) is 11.5 Å². The quantitative estimate of drug-likeness (QED) is 0.559. The maximum atomic E-state index is 12.7. The first kappa shape index (κ1) is 17.0. The Kier molecular flexibility index (Phi) is 4.23. The average Bonchev–Trinajstić information content (AvgIpc) is 3.02. The van der Waals surface area contributed by atoms with Gasteiger partial charge in [0.25, 0.3) is 0 Å². The third kappa shape index (κ3) is 3.21. The van der Waals surface area contributed by atoms with Crippen molar-refractivity contribution in [1.29, 1.82) is 0 Å². The number of aryl methyl sites for hydroxylation is 1. The van der Waals surface area contributed by atoms with Gasteiger partial charge >= 0.3 is 6.61 Å². The first-order valence-corrected chi connectivity index (χ1v) is 8.20. The Bertz CT molecular complexity index is 1130. The molecule has 8 heteroatoms. The molecule has 0 atom stereocenters. The monoisotopic (exact) mass is 370 g/mol. The molecule has 4 aromatic rings. The van der Waals surface area contributed by atoms with Crippen LogP contribution in [-0.2, 0) is 0 Å². The van der Waals surface area contributed by atoms with Gasteiger partial charge in [-0.3, -0.25) is 0 Å². The van der Waals surface area contributed by atoms with Gasteiger partial charge in [-0.1, -0.05) is 12.1 Å². The summed E-state index contributed by atoms with van der Waals surface area (Å²) >= 11 is 0. The average molecular weight is 370 g/mol. The second-order valence-electron chi connectivity index (χ2n) is 5.90. The Morgan fingerprint density at radius 2 is 1.89 bits per heavy atom. The van der Waals surface area contributed by atoms with Gasteiger partial charge in [0.15, 0.2) is 17.1 Å². The standard InChI is InChI=1S/C19H16F2N4O2/c1-11-9-17-23-18(13-5-3-4-6-14(13)25(17)24-11)22-12-7-8-15(26-2)16(10-12)27-19(20)21/h3-10,19H,1-2H3,(H,22,23). The lowest BCUT2D eigenvalue weighted by Crippen LogP contribution is -2.04. The molecule has 0 aliphatic carbocycles. The number of fused-ring (bicyclic) bond motifs is 3. The Labute approximate surface area is 153 Å². The second-order valence-corrected chi connectivity index (χ2v) is 5.90. The van der Waals surface area contributed by atoms with E-state index in [0.717, 1.165) is 16.6 Å². The van der Waals surface area contributed by atoms with E-state index in [1.165, 1.54) is 13.2 Å². The summed E-state index contributed by atoms with van der Waals surface area (Å²) in [5, 5.41) is 8.49. The first-order valence-electron chi connectivity index (χ1n) is 8.20. The van der Waals surface area contributed by atoms with E-state index in [4.69, 9.17) is 4.74 Å². The fourth-order valence-corrected chi connectivity index (χ4v) is 2.95. The number of rotatable bonds is 5. The maximum Gasteiger partial charge on any atom is 0.387 e. The summed E-state index contributed by atoms with van der Waals surface area (Å²) in [7, 11) is 1.39. The van der Waals surface area contributed by atoms with Crippen molar-refractivity contribution in [2.75, 3.05) is 12.4 Å². The molecule has 0 spiro atoms. The predicted molar refractivity (Wildman–Crippen MR) is 98.1 cm³/mol. The minimum Gasteiger partial charge on any atom is -0.493 e. The molecule has 0 saturated carbocycles. The van der Waals surface area contributed by atoms with Gasteiger partial charge in [0.05, 0.1) is 18.3 Å². The minimum absolute atomic E-state index is 0.0527. The summed E-state index contributed by atoms with van der Waals surface area (Å²) in [4.78, 5) is 4.62. The van der Waals surface area contributed by atoms with Crippen molar-refractivity contribution in [2.45, 2.75) is 13.5 Å². The van der Waals surface area contributed by atoms with Gasteiger partial charge in [-0.2, -0.15) is 13.9 Å². The van der Waals surface area contributed by atoms with E-state index in [1.54, 1.807) is 16.6 Å². The number of anilines is 2. The van der Waals surface area contributed by atoms with E-state index in [1.807, 2.05) is 37.3 Å². The maximum absolute atomic E-state index is 12.7. The summed E-state index contributed by atoms with van der Waals surface area (Å²) in [6, 6.07) is 14.3.